The van der Waals surface area contributed by atoms with Crippen molar-refractivity contribution < 1.29 is 9.21 Å². The van der Waals surface area contributed by atoms with Crippen LogP contribution in [0.15, 0.2) is 74.3 Å². The van der Waals surface area contributed by atoms with Crippen LogP contribution in [0, 0.1) is 13.8 Å². The molecule has 1 aromatic heterocycles. The van der Waals surface area contributed by atoms with Gasteiger partial charge in [0.2, 0.25) is 5.76 Å². The molecule has 31 heavy (non-hydrogen) atoms. The number of carbonyl (C=O) groups is 1. The first-order valence-electron chi connectivity index (χ1n) is 9.77. The normalized spacial score (nSPS) is 15.5. The van der Waals surface area contributed by atoms with Gasteiger partial charge in [0, 0.05) is 15.2 Å². The van der Waals surface area contributed by atoms with E-state index in [2.05, 4.69) is 15.9 Å². The van der Waals surface area contributed by atoms with Gasteiger partial charge in [0.1, 0.15) is 5.58 Å². The van der Waals surface area contributed by atoms with Gasteiger partial charge in [0.05, 0.1) is 17.0 Å². The van der Waals surface area contributed by atoms with Crippen LogP contribution in [0.4, 0.5) is 5.69 Å². The fraction of sp³-hybridized carbons (Fsp3) is 0.120. The lowest BCUT2D eigenvalue weighted by Gasteiger charge is -2.25. The number of halogens is 2. The molecule has 0 fully saturated rings. The summed E-state index contributed by atoms with van der Waals surface area (Å²) >= 11 is 9.57. The molecule has 0 radical (unpaired) electrons. The maximum Gasteiger partial charge on any atom is 0.295 e. The zero-order valence-corrected chi connectivity index (χ0v) is 19.1. The van der Waals surface area contributed by atoms with Crippen LogP contribution in [0.3, 0.4) is 0 Å². The molecule has 4 nitrogen and oxygen atoms in total. The van der Waals surface area contributed by atoms with Gasteiger partial charge in [-0.1, -0.05) is 45.7 Å². The summed E-state index contributed by atoms with van der Waals surface area (Å²) in [5.74, 6) is -0.258. The Balaban J connectivity index is 1.83. The number of hydrogen-bond acceptors (Lipinski definition) is 3. The smallest absolute Gasteiger partial charge is 0.295 e. The summed E-state index contributed by atoms with van der Waals surface area (Å²) in [6.45, 7) is 3.91. The number of amides is 1. The molecule has 154 valence electrons. The Hall–Kier alpha value is -2.89. The molecule has 1 amide bonds. The summed E-state index contributed by atoms with van der Waals surface area (Å²) in [5, 5.41) is 1.06. The largest absolute Gasteiger partial charge is 0.450 e. The highest BCUT2D eigenvalue weighted by Gasteiger charge is 2.43. The highest BCUT2D eigenvalue weighted by atomic mass is 79.9. The quantitative estimate of drug-likeness (QED) is 0.316. The van der Waals surface area contributed by atoms with E-state index in [0.717, 1.165) is 21.2 Å². The maximum atomic E-state index is 13.6. The summed E-state index contributed by atoms with van der Waals surface area (Å²) in [7, 11) is 0. The van der Waals surface area contributed by atoms with Gasteiger partial charge in [0.15, 0.2) is 5.43 Å². The minimum Gasteiger partial charge on any atom is -0.450 e. The predicted octanol–water partition coefficient (Wildman–Crippen LogP) is 6.58. The first kappa shape index (κ1) is 20.0. The van der Waals surface area contributed by atoms with E-state index in [1.54, 1.807) is 17.0 Å². The van der Waals surface area contributed by atoms with Gasteiger partial charge in [-0.25, -0.2) is 0 Å². The molecule has 0 spiro atoms. The van der Waals surface area contributed by atoms with Crippen LogP contribution < -0.4 is 10.3 Å². The molecular weight excluding hydrogens is 478 g/mol. The zero-order chi connectivity index (χ0) is 21.9. The van der Waals surface area contributed by atoms with Gasteiger partial charge in [-0.3, -0.25) is 14.5 Å². The molecule has 5 rings (SSSR count). The highest BCUT2D eigenvalue weighted by molar-refractivity contribution is 9.10. The van der Waals surface area contributed by atoms with Crippen molar-refractivity contribution in [3.8, 4) is 0 Å². The second-order valence-electron chi connectivity index (χ2n) is 7.72. The van der Waals surface area contributed by atoms with Gasteiger partial charge in [-0.2, -0.15) is 0 Å². The molecule has 1 aliphatic heterocycles. The first-order valence-corrected chi connectivity index (χ1v) is 10.9. The van der Waals surface area contributed by atoms with Crippen molar-refractivity contribution in [2.24, 2.45) is 0 Å². The van der Waals surface area contributed by atoms with E-state index in [1.165, 1.54) is 0 Å². The molecule has 4 aromatic rings. The third-order valence-electron chi connectivity index (χ3n) is 5.76. The number of hydrogen-bond donors (Lipinski definition) is 0. The number of aryl methyl sites for hydroxylation is 2. The lowest BCUT2D eigenvalue weighted by Crippen LogP contribution is -2.29. The van der Waals surface area contributed by atoms with Crippen molar-refractivity contribution >= 4 is 50.1 Å². The summed E-state index contributed by atoms with van der Waals surface area (Å²) in [6.07, 6.45) is 0. The van der Waals surface area contributed by atoms with Crippen LogP contribution in [0.5, 0.6) is 0 Å². The van der Waals surface area contributed by atoms with Crippen molar-refractivity contribution in [1.82, 2.24) is 0 Å². The number of anilines is 1. The van der Waals surface area contributed by atoms with Gasteiger partial charge >= 0.3 is 0 Å². The third kappa shape index (κ3) is 3.20. The van der Waals surface area contributed by atoms with Crippen LogP contribution in [0.1, 0.15) is 38.9 Å². The second kappa shape index (κ2) is 7.36. The Morgan fingerprint density at radius 1 is 0.968 bits per heavy atom. The lowest BCUT2D eigenvalue weighted by molar-refractivity contribution is 0.0971. The predicted molar refractivity (Wildman–Crippen MR) is 126 cm³/mol. The van der Waals surface area contributed by atoms with Crippen LogP contribution >= 0.6 is 27.5 Å². The fourth-order valence-corrected chi connectivity index (χ4v) is 4.59. The molecule has 0 aliphatic carbocycles. The molecule has 1 unspecified atom stereocenters. The van der Waals surface area contributed by atoms with Crippen molar-refractivity contribution in [2.45, 2.75) is 19.9 Å². The molecule has 6 heteroatoms. The number of rotatable bonds is 2. The van der Waals surface area contributed by atoms with Crippen LogP contribution in [-0.2, 0) is 0 Å². The minimum atomic E-state index is -0.615. The zero-order valence-electron chi connectivity index (χ0n) is 16.8. The standard InChI is InChI=1S/C25H17BrClNO3/c1-13-10-19-20(11-14(13)2)31-24-21(23(19)29)22(15-6-8-17(27)9-7-15)28(25(24)30)18-5-3-4-16(26)12-18/h3-12,22H,1-2H3. The summed E-state index contributed by atoms with van der Waals surface area (Å²) in [6, 6.07) is 17.7. The van der Waals surface area contributed by atoms with Crippen molar-refractivity contribution in [3.63, 3.8) is 0 Å². The van der Waals surface area contributed by atoms with E-state index in [9.17, 15) is 9.59 Å². The lowest BCUT2D eigenvalue weighted by atomic mass is 9.97. The van der Waals surface area contributed by atoms with Gasteiger partial charge in [-0.15, -0.1) is 0 Å². The van der Waals surface area contributed by atoms with E-state index in [-0.39, 0.29) is 17.1 Å². The van der Waals surface area contributed by atoms with Crippen LogP contribution in [0.2, 0.25) is 5.02 Å². The van der Waals surface area contributed by atoms with Crippen molar-refractivity contribution in [1.29, 1.82) is 0 Å². The number of carbonyl (C=O) groups excluding carboxylic acids is 1. The fourth-order valence-electron chi connectivity index (χ4n) is 4.08. The highest BCUT2D eigenvalue weighted by Crippen LogP contribution is 2.42. The molecule has 0 N–H and O–H groups in total. The molecule has 0 saturated carbocycles. The molecule has 3 aromatic carbocycles. The Labute approximate surface area is 192 Å². The van der Waals surface area contributed by atoms with Crippen LogP contribution in [-0.4, -0.2) is 5.91 Å². The minimum absolute atomic E-state index is 0.0840. The van der Waals surface area contributed by atoms with E-state index < -0.39 is 6.04 Å². The van der Waals surface area contributed by atoms with Crippen molar-refractivity contribution in [2.75, 3.05) is 4.90 Å². The number of nitrogens with zero attached hydrogens (tertiary/aromatic N) is 1. The summed E-state index contributed by atoms with van der Waals surface area (Å²) < 4.78 is 6.89. The molecule has 1 aliphatic rings. The van der Waals surface area contributed by atoms with Gasteiger partial charge in [-0.05, 0) is 73.0 Å². The topological polar surface area (TPSA) is 50.5 Å². The summed E-state index contributed by atoms with van der Waals surface area (Å²) in [5.41, 5.74) is 4.03. The Bertz CT molecular complexity index is 1430. The number of benzene rings is 3. The average molecular weight is 495 g/mol. The Morgan fingerprint density at radius 2 is 1.68 bits per heavy atom. The molecular formula is C25H17BrClNO3. The van der Waals surface area contributed by atoms with Gasteiger partial charge < -0.3 is 4.42 Å². The van der Waals surface area contributed by atoms with E-state index in [1.807, 2.05) is 62.4 Å². The van der Waals surface area contributed by atoms with E-state index >= 15 is 0 Å². The number of fused-ring (bicyclic) bond motifs is 2. The monoisotopic (exact) mass is 493 g/mol. The van der Waals surface area contributed by atoms with E-state index in [4.69, 9.17) is 16.0 Å². The first-order chi connectivity index (χ1) is 14.8. The van der Waals surface area contributed by atoms with Crippen molar-refractivity contribution in [3.05, 3.63) is 108 Å². The second-order valence-corrected chi connectivity index (χ2v) is 9.07. The summed E-state index contributed by atoms with van der Waals surface area (Å²) in [4.78, 5) is 28.8. The van der Waals surface area contributed by atoms with Gasteiger partial charge in [0.25, 0.3) is 5.91 Å². The molecule has 0 saturated heterocycles. The molecule has 1 atom stereocenters. The van der Waals surface area contributed by atoms with Crippen LogP contribution in [0.25, 0.3) is 11.0 Å². The Morgan fingerprint density at radius 3 is 2.39 bits per heavy atom. The molecule has 2 heterocycles. The van der Waals surface area contributed by atoms with E-state index in [0.29, 0.717) is 27.2 Å². The maximum absolute atomic E-state index is 13.6. The average Bonchev–Trinajstić information content (AvgIpc) is 3.03. The third-order valence-corrected chi connectivity index (χ3v) is 6.50. The SMILES string of the molecule is Cc1cc2oc3c(c(=O)c2cc1C)C(c1ccc(Cl)cc1)N(c1cccc(Br)c1)C3=O. The Kier molecular flexibility index (Phi) is 4.76. The molecule has 0 bridgehead atoms.